The van der Waals surface area contributed by atoms with Gasteiger partial charge in [0.15, 0.2) is 5.82 Å². The van der Waals surface area contributed by atoms with Gasteiger partial charge in [0.25, 0.3) is 0 Å². The Morgan fingerprint density at radius 2 is 1.86 bits per heavy atom. The number of carboxylic acids is 1. The van der Waals surface area contributed by atoms with Gasteiger partial charge in [-0.05, 0) is 6.92 Å². The van der Waals surface area contributed by atoms with Crippen LogP contribution in [0.1, 0.15) is 18.8 Å². The summed E-state index contributed by atoms with van der Waals surface area (Å²) in [5.74, 6) is -0.0345. The number of alkyl halides is 3. The molecule has 0 spiro atoms. The minimum absolute atomic E-state index is 0.328. The van der Waals surface area contributed by atoms with Crippen molar-refractivity contribution < 1.29 is 36.9 Å². The van der Waals surface area contributed by atoms with Crippen LogP contribution in [0, 0.1) is 5.82 Å². The molecule has 0 bridgehead atoms. The van der Waals surface area contributed by atoms with Crippen LogP contribution in [0.5, 0.6) is 5.88 Å². The van der Waals surface area contributed by atoms with Gasteiger partial charge in [0.05, 0.1) is 38.8 Å². The average Bonchev–Trinajstić information content (AvgIpc) is 3.32. The zero-order valence-electron chi connectivity index (χ0n) is 19.6. The smallest absolute Gasteiger partial charge is 0.480 e. The van der Waals surface area contributed by atoms with Crippen molar-refractivity contribution in [2.24, 2.45) is 0 Å². The maximum atomic E-state index is 13.1. The molecule has 4 N–H and O–H groups in total. The Kier molecular flexibility index (Phi) is 8.94. The summed E-state index contributed by atoms with van der Waals surface area (Å²) in [6, 6.07) is 3.24. The van der Waals surface area contributed by atoms with E-state index in [1.807, 2.05) is 13.0 Å². The average molecular weight is 529 g/mol. The highest BCUT2D eigenvalue weighted by Crippen LogP contribution is 2.24. The van der Waals surface area contributed by atoms with Gasteiger partial charge >= 0.3 is 12.1 Å². The van der Waals surface area contributed by atoms with E-state index in [1.54, 1.807) is 13.2 Å². The van der Waals surface area contributed by atoms with Crippen molar-refractivity contribution in [1.82, 2.24) is 30.1 Å². The number of nitrogens with zero attached hydrogens (tertiary/aromatic N) is 6. The summed E-state index contributed by atoms with van der Waals surface area (Å²) in [7, 11) is 1.54. The lowest BCUT2D eigenvalue weighted by Crippen LogP contribution is -2.37. The van der Waals surface area contributed by atoms with E-state index < -0.39 is 18.0 Å². The minimum Gasteiger partial charge on any atom is -0.480 e. The number of anilines is 4. The normalized spacial score (nSPS) is 14.3. The number of carboxylic acid groups (broad SMARTS) is 1. The summed E-state index contributed by atoms with van der Waals surface area (Å²) in [6.07, 6.45) is -2.83. The third-order valence-corrected chi connectivity index (χ3v) is 4.69. The van der Waals surface area contributed by atoms with Crippen LogP contribution < -0.4 is 20.3 Å². The first-order chi connectivity index (χ1) is 17.5. The Balaban J connectivity index is 0.000000479. The second-order valence-corrected chi connectivity index (χ2v) is 7.41. The van der Waals surface area contributed by atoms with Crippen molar-refractivity contribution in [2.45, 2.75) is 19.1 Å². The fraction of sp³-hybridized carbons (Fsp3) is 0.400. The highest BCUT2D eigenvalue weighted by molar-refractivity contribution is 5.73. The van der Waals surface area contributed by atoms with Crippen LogP contribution in [0.15, 0.2) is 24.5 Å². The summed E-state index contributed by atoms with van der Waals surface area (Å²) in [5, 5.41) is 20.3. The number of morpholine rings is 1. The van der Waals surface area contributed by atoms with Gasteiger partial charge in [0.2, 0.25) is 11.8 Å². The number of ether oxygens (including phenoxy) is 2. The summed E-state index contributed by atoms with van der Waals surface area (Å²) in [6.45, 7) is 4.57. The molecule has 3 aromatic heterocycles. The first kappa shape index (κ1) is 27.3. The van der Waals surface area contributed by atoms with E-state index in [0.717, 1.165) is 31.3 Å². The van der Waals surface area contributed by atoms with Gasteiger partial charge < -0.3 is 30.1 Å². The number of nitrogens with one attached hydrogen (secondary N) is 3. The van der Waals surface area contributed by atoms with Gasteiger partial charge in [-0.25, -0.2) is 19.2 Å². The molecule has 1 saturated heterocycles. The van der Waals surface area contributed by atoms with E-state index in [4.69, 9.17) is 19.4 Å². The molecule has 1 atom stereocenters. The fourth-order valence-electron chi connectivity index (χ4n) is 2.93. The van der Waals surface area contributed by atoms with Crippen LogP contribution in [-0.4, -0.2) is 80.8 Å². The molecule has 0 saturated carbocycles. The maximum Gasteiger partial charge on any atom is 0.490 e. The molecule has 4 rings (SSSR count). The van der Waals surface area contributed by atoms with Crippen molar-refractivity contribution in [3.05, 3.63) is 36.2 Å². The highest BCUT2D eigenvalue weighted by atomic mass is 19.4. The quantitative estimate of drug-likeness (QED) is 0.331. The van der Waals surface area contributed by atoms with Gasteiger partial charge in [-0.3, -0.25) is 5.10 Å². The summed E-state index contributed by atoms with van der Waals surface area (Å²) in [5.41, 5.74) is 0. The number of hydrogen-bond acceptors (Lipinski definition) is 11. The zero-order valence-corrected chi connectivity index (χ0v) is 19.6. The van der Waals surface area contributed by atoms with Crippen molar-refractivity contribution >= 4 is 29.4 Å². The molecule has 4 heterocycles. The van der Waals surface area contributed by atoms with Gasteiger partial charge in [-0.1, -0.05) is 0 Å². The van der Waals surface area contributed by atoms with Crippen LogP contribution in [0.2, 0.25) is 0 Å². The van der Waals surface area contributed by atoms with Crippen molar-refractivity contribution in [3.63, 3.8) is 0 Å². The number of rotatable bonds is 7. The Bertz CT molecular complexity index is 1170. The third-order valence-electron chi connectivity index (χ3n) is 4.69. The monoisotopic (exact) mass is 529 g/mol. The van der Waals surface area contributed by atoms with Crippen LogP contribution >= 0.6 is 0 Å². The van der Waals surface area contributed by atoms with Crippen molar-refractivity contribution in [3.8, 4) is 5.88 Å². The molecule has 3 aromatic rings. The zero-order chi connectivity index (χ0) is 27.0. The SMILES string of the molecule is COc1cc(Nc2cc(N3CCOCC3)nc(N[C@@H](C)c3ncc(F)cn3)n2)[nH]n1.O=C(O)C(F)(F)F. The molecule has 1 aliphatic heterocycles. The number of aromatic amines is 1. The maximum absolute atomic E-state index is 13.1. The lowest BCUT2D eigenvalue weighted by Gasteiger charge is -2.28. The largest absolute Gasteiger partial charge is 0.490 e. The number of hydrogen-bond donors (Lipinski definition) is 4. The summed E-state index contributed by atoms with van der Waals surface area (Å²) >= 11 is 0. The number of halogens is 4. The predicted molar refractivity (Wildman–Crippen MR) is 121 cm³/mol. The Morgan fingerprint density at radius 3 is 2.43 bits per heavy atom. The van der Waals surface area contributed by atoms with Crippen LogP contribution in [0.25, 0.3) is 0 Å². The number of H-pyrrole nitrogens is 1. The van der Waals surface area contributed by atoms with Crippen molar-refractivity contribution in [1.29, 1.82) is 0 Å². The minimum atomic E-state index is -5.08. The number of carbonyl (C=O) groups is 1. The highest BCUT2D eigenvalue weighted by Gasteiger charge is 2.38. The van der Waals surface area contributed by atoms with Crippen LogP contribution in [-0.2, 0) is 9.53 Å². The molecule has 1 fully saturated rings. The number of aromatic nitrogens is 6. The molecule has 37 heavy (non-hydrogen) atoms. The van der Waals surface area contributed by atoms with E-state index in [2.05, 4.69) is 45.7 Å². The van der Waals surface area contributed by atoms with E-state index in [9.17, 15) is 17.6 Å². The molecule has 13 nitrogen and oxygen atoms in total. The molecule has 0 radical (unpaired) electrons. The molecule has 0 aromatic carbocycles. The second kappa shape index (κ2) is 12.1. The second-order valence-electron chi connectivity index (χ2n) is 7.41. The first-order valence-electron chi connectivity index (χ1n) is 10.7. The predicted octanol–water partition coefficient (Wildman–Crippen LogP) is 2.52. The van der Waals surface area contributed by atoms with E-state index >= 15 is 0 Å². The van der Waals surface area contributed by atoms with Gasteiger partial charge in [-0.15, -0.1) is 5.10 Å². The van der Waals surface area contributed by atoms with E-state index in [0.29, 0.717) is 42.5 Å². The van der Waals surface area contributed by atoms with Gasteiger partial charge in [0.1, 0.15) is 23.3 Å². The fourth-order valence-corrected chi connectivity index (χ4v) is 2.93. The van der Waals surface area contributed by atoms with E-state index in [-0.39, 0.29) is 6.04 Å². The molecule has 1 aliphatic rings. The van der Waals surface area contributed by atoms with Crippen molar-refractivity contribution in [2.75, 3.05) is 48.9 Å². The molecule has 0 unspecified atom stereocenters. The topological polar surface area (TPSA) is 163 Å². The lowest BCUT2D eigenvalue weighted by molar-refractivity contribution is -0.192. The molecular formula is C20H23F4N9O4. The third kappa shape index (κ3) is 8.13. The summed E-state index contributed by atoms with van der Waals surface area (Å²) in [4.78, 5) is 28.2. The number of aliphatic carboxylic acids is 1. The summed E-state index contributed by atoms with van der Waals surface area (Å²) < 4.78 is 55.4. The number of methoxy groups -OCH3 is 1. The molecule has 0 aliphatic carbocycles. The van der Waals surface area contributed by atoms with Gasteiger partial charge in [-0.2, -0.15) is 23.1 Å². The first-order valence-corrected chi connectivity index (χ1v) is 10.7. The molecular weight excluding hydrogens is 506 g/mol. The Labute approximate surface area is 207 Å². The molecule has 17 heteroatoms. The molecule has 200 valence electrons. The van der Waals surface area contributed by atoms with Gasteiger partial charge in [0, 0.05) is 25.2 Å². The standard InChI is InChI=1S/C18H22FN9O2.C2HF3O2/c1-11(17-20-9-12(19)10-21-17)22-18-24-13(23-14-8-16(29-2)27-26-14)7-15(25-18)28-3-5-30-6-4-28;3-2(4,5)1(6)7/h7-11H,3-6H2,1-2H3,(H3,22,23,24,25,26,27);(H,6,7)/t11-;/m0./s1. The Morgan fingerprint density at radius 1 is 1.22 bits per heavy atom. The van der Waals surface area contributed by atoms with Crippen LogP contribution in [0.3, 0.4) is 0 Å². The van der Waals surface area contributed by atoms with E-state index in [1.165, 1.54) is 0 Å². The molecule has 0 amide bonds. The van der Waals surface area contributed by atoms with Crippen LogP contribution in [0.4, 0.5) is 41.0 Å². The Hall–Kier alpha value is -4.28. The lowest BCUT2D eigenvalue weighted by atomic mass is 10.3.